The zero-order valence-electron chi connectivity index (χ0n) is 9.75. The average Bonchev–Trinajstić information content (AvgIpc) is 2.63. The normalized spacial score (nSPS) is 13.0. The summed E-state index contributed by atoms with van der Waals surface area (Å²) in [5.74, 6) is 0. The number of thiazole rings is 1. The molecule has 3 nitrogen and oxygen atoms in total. The van der Waals surface area contributed by atoms with E-state index in [1.54, 1.807) is 18.4 Å². The Bertz CT molecular complexity index is 275. The third-order valence-corrected chi connectivity index (χ3v) is 3.16. The fourth-order valence-corrected chi connectivity index (χ4v) is 2.10. The number of ether oxygens (including phenoxy) is 1. The smallest absolute Gasteiger partial charge is 0.0897 e. The maximum Gasteiger partial charge on any atom is 0.0897 e. The van der Waals surface area contributed by atoms with Crippen LogP contribution in [0.15, 0.2) is 5.38 Å². The second-order valence-corrected chi connectivity index (χ2v) is 4.68. The highest BCUT2D eigenvalue weighted by molar-refractivity contribution is 7.09. The minimum Gasteiger partial charge on any atom is -0.383 e. The van der Waals surface area contributed by atoms with Crippen LogP contribution >= 0.6 is 11.3 Å². The van der Waals surface area contributed by atoms with Crippen molar-refractivity contribution in [3.05, 3.63) is 16.1 Å². The molecule has 0 bridgehead atoms. The Morgan fingerprint density at radius 3 is 2.93 bits per heavy atom. The first kappa shape index (κ1) is 12.6. The number of methoxy groups -OCH3 is 1. The summed E-state index contributed by atoms with van der Waals surface area (Å²) in [5.41, 5.74) is 1.19. The molecule has 0 spiro atoms. The van der Waals surface area contributed by atoms with E-state index in [-0.39, 0.29) is 0 Å². The van der Waals surface area contributed by atoms with Gasteiger partial charge in [-0.2, -0.15) is 0 Å². The van der Waals surface area contributed by atoms with E-state index in [0.29, 0.717) is 6.04 Å². The highest BCUT2D eigenvalue weighted by Crippen LogP contribution is 2.07. The topological polar surface area (TPSA) is 34.1 Å². The number of aromatic nitrogens is 1. The van der Waals surface area contributed by atoms with Crippen LogP contribution in [0.4, 0.5) is 0 Å². The SMILES string of the molecule is CC[C@@H](COC)NCCc1csc(C)n1. The fourth-order valence-electron chi connectivity index (χ4n) is 1.45. The van der Waals surface area contributed by atoms with Crippen molar-refractivity contribution in [3.8, 4) is 0 Å². The van der Waals surface area contributed by atoms with E-state index in [2.05, 4.69) is 22.6 Å². The van der Waals surface area contributed by atoms with Crippen molar-refractivity contribution >= 4 is 11.3 Å². The second kappa shape index (κ2) is 6.93. The van der Waals surface area contributed by atoms with Crippen molar-refractivity contribution in [2.45, 2.75) is 32.7 Å². The van der Waals surface area contributed by atoms with Gasteiger partial charge in [-0.25, -0.2) is 4.98 Å². The molecule has 1 rings (SSSR count). The lowest BCUT2D eigenvalue weighted by atomic mass is 10.2. The average molecular weight is 228 g/mol. The van der Waals surface area contributed by atoms with Crippen molar-refractivity contribution in [2.75, 3.05) is 20.3 Å². The van der Waals surface area contributed by atoms with E-state index in [1.165, 1.54) is 5.69 Å². The minimum atomic E-state index is 0.467. The molecule has 86 valence electrons. The van der Waals surface area contributed by atoms with E-state index in [4.69, 9.17) is 4.74 Å². The number of aryl methyl sites for hydroxylation is 1. The maximum absolute atomic E-state index is 5.13. The van der Waals surface area contributed by atoms with Crippen molar-refractivity contribution in [1.29, 1.82) is 0 Å². The number of rotatable bonds is 7. The van der Waals surface area contributed by atoms with E-state index >= 15 is 0 Å². The van der Waals surface area contributed by atoms with Crippen LogP contribution in [0.25, 0.3) is 0 Å². The van der Waals surface area contributed by atoms with Crippen LogP contribution in [0.3, 0.4) is 0 Å². The zero-order valence-corrected chi connectivity index (χ0v) is 10.6. The highest BCUT2D eigenvalue weighted by atomic mass is 32.1. The van der Waals surface area contributed by atoms with Gasteiger partial charge in [0.2, 0.25) is 0 Å². The largest absolute Gasteiger partial charge is 0.383 e. The number of hydrogen-bond donors (Lipinski definition) is 1. The lowest BCUT2D eigenvalue weighted by Gasteiger charge is -2.15. The van der Waals surface area contributed by atoms with Crippen LogP contribution in [0.5, 0.6) is 0 Å². The molecule has 4 heteroatoms. The Balaban J connectivity index is 2.20. The summed E-state index contributed by atoms with van der Waals surface area (Å²) >= 11 is 1.72. The fraction of sp³-hybridized carbons (Fsp3) is 0.727. The summed E-state index contributed by atoms with van der Waals surface area (Å²) in [5, 5.41) is 6.75. The molecule has 1 atom stereocenters. The van der Waals surface area contributed by atoms with Gasteiger partial charge in [0.15, 0.2) is 0 Å². The lowest BCUT2D eigenvalue weighted by molar-refractivity contribution is 0.164. The molecule has 0 unspecified atom stereocenters. The number of nitrogens with zero attached hydrogens (tertiary/aromatic N) is 1. The molecule has 1 aromatic heterocycles. The highest BCUT2D eigenvalue weighted by Gasteiger charge is 2.04. The molecular weight excluding hydrogens is 208 g/mol. The Kier molecular flexibility index (Phi) is 5.83. The summed E-state index contributed by atoms with van der Waals surface area (Å²) in [6.45, 7) is 5.97. The minimum absolute atomic E-state index is 0.467. The number of hydrogen-bond acceptors (Lipinski definition) is 4. The van der Waals surface area contributed by atoms with Crippen molar-refractivity contribution < 1.29 is 4.74 Å². The second-order valence-electron chi connectivity index (χ2n) is 3.62. The summed E-state index contributed by atoms with van der Waals surface area (Å²) < 4.78 is 5.13. The first-order valence-electron chi connectivity index (χ1n) is 5.39. The van der Waals surface area contributed by atoms with Gasteiger partial charge in [-0.3, -0.25) is 0 Å². The first-order chi connectivity index (χ1) is 7.26. The number of nitrogens with one attached hydrogen (secondary N) is 1. The van der Waals surface area contributed by atoms with Crippen LogP contribution in [-0.4, -0.2) is 31.3 Å². The van der Waals surface area contributed by atoms with Crippen LogP contribution in [0.2, 0.25) is 0 Å². The molecule has 1 N–H and O–H groups in total. The predicted molar refractivity (Wildman–Crippen MR) is 64.5 cm³/mol. The lowest BCUT2D eigenvalue weighted by Crippen LogP contribution is -2.34. The van der Waals surface area contributed by atoms with Crippen LogP contribution in [-0.2, 0) is 11.2 Å². The molecule has 0 aliphatic carbocycles. The molecule has 0 fully saturated rings. The summed E-state index contributed by atoms with van der Waals surface area (Å²) in [6.07, 6.45) is 2.11. The maximum atomic E-state index is 5.13. The molecule has 0 saturated heterocycles. The molecule has 0 aliphatic rings. The van der Waals surface area contributed by atoms with Gasteiger partial charge in [-0.1, -0.05) is 6.92 Å². The molecular formula is C11H20N2OS. The molecule has 0 saturated carbocycles. The molecule has 0 radical (unpaired) electrons. The molecule has 0 aromatic carbocycles. The quantitative estimate of drug-likeness (QED) is 0.775. The van der Waals surface area contributed by atoms with Gasteiger partial charge < -0.3 is 10.1 Å². The molecule has 1 heterocycles. The van der Waals surface area contributed by atoms with Gasteiger partial charge in [0, 0.05) is 31.5 Å². The zero-order chi connectivity index (χ0) is 11.1. The molecule has 15 heavy (non-hydrogen) atoms. The predicted octanol–water partition coefficient (Wildman–Crippen LogP) is 2.01. The van der Waals surface area contributed by atoms with Gasteiger partial charge in [-0.15, -0.1) is 11.3 Å². The van der Waals surface area contributed by atoms with Crippen molar-refractivity contribution in [2.24, 2.45) is 0 Å². The van der Waals surface area contributed by atoms with Gasteiger partial charge >= 0.3 is 0 Å². The van der Waals surface area contributed by atoms with E-state index in [1.807, 2.05) is 6.92 Å². The van der Waals surface area contributed by atoms with E-state index in [0.717, 1.165) is 31.0 Å². The van der Waals surface area contributed by atoms with Crippen molar-refractivity contribution in [1.82, 2.24) is 10.3 Å². The summed E-state index contributed by atoms with van der Waals surface area (Å²) in [4.78, 5) is 4.43. The van der Waals surface area contributed by atoms with Gasteiger partial charge in [0.1, 0.15) is 0 Å². The van der Waals surface area contributed by atoms with Gasteiger partial charge in [-0.05, 0) is 13.3 Å². The van der Waals surface area contributed by atoms with Gasteiger partial charge in [0.05, 0.1) is 17.3 Å². The first-order valence-corrected chi connectivity index (χ1v) is 6.27. The van der Waals surface area contributed by atoms with Crippen LogP contribution in [0.1, 0.15) is 24.0 Å². The van der Waals surface area contributed by atoms with Crippen LogP contribution in [0, 0.1) is 6.92 Å². The Hall–Kier alpha value is -0.450. The molecule has 1 aromatic rings. The third-order valence-electron chi connectivity index (χ3n) is 2.34. The Morgan fingerprint density at radius 2 is 2.40 bits per heavy atom. The third kappa shape index (κ3) is 4.73. The standard InChI is InChI=1S/C11H20N2OS/c1-4-10(7-14-3)12-6-5-11-8-15-9(2)13-11/h8,10,12H,4-7H2,1-3H3/t10-/m0/s1. The van der Waals surface area contributed by atoms with Crippen molar-refractivity contribution in [3.63, 3.8) is 0 Å². The Morgan fingerprint density at radius 1 is 1.60 bits per heavy atom. The summed E-state index contributed by atoms with van der Waals surface area (Å²) in [6, 6.07) is 0.467. The van der Waals surface area contributed by atoms with E-state index in [9.17, 15) is 0 Å². The van der Waals surface area contributed by atoms with Crippen LogP contribution < -0.4 is 5.32 Å². The summed E-state index contributed by atoms with van der Waals surface area (Å²) in [7, 11) is 1.74. The molecule has 0 aliphatic heterocycles. The van der Waals surface area contributed by atoms with E-state index < -0.39 is 0 Å². The molecule has 0 amide bonds. The van der Waals surface area contributed by atoms with Gasteiger partial charge in [0.25, 0.3) is 0 Å². The Labute approximate surface area is 95.9 Å². The monoisotopic (exact) mass is 228 g/mol.